The molecule has 6 heteroatoms. The predicted molar refractivity (Wildman–Crippen MR) is 101 cm³/mol. The van der Waals surface area contributed by atoms with Crippen LogP contribution >= 0.6 is 24.8 Å². The van der Waals surface area contributed by atoms with Crippen molar-refractivity contribution in [2.45, 2.75) is 32.4 Å². The van der Waals surface area contributed by atoms with Crippen LogP contribution in [0.5, 0.6) is 0 Å². The lowest BCUT2D eigenvalue weighted by Gasteiger charge is -2.28. The Balaban J connectivity index is 0.00000242. The van der Waals surface area contributed by atoms with E-state index >= 15 is 0 Å². The lowest BCUT2D eigenvalue weighted by atomic mass is 10.1. The second-order valence-electron chi connectivity index (χ2n) is 6.08. The maximum absolute atomic E-state index is 12.8. The van der Waals surface area contributed by atoms with Gasteiger partial charge >= 0.3 is 0 Å². The van der Waals surface area contributed by atoms with Gasteiger partial charge in [-0.15, -0.1) is 24.8 Å². The van der Waals surface area contributed by atoms with Crippen molar-refractivity contribution in [2.75, 3.05) is 33.7 Å². The van der Waals surface area contributed by atoms with Gasteiger partial charge in [0.25, 0.3) is 5.91 Å². The van der Waals surface area contributed by atoms with Crippen LogP contribution in [0.15, 0.2) is 24.3 Å². The summed E-state index contributed by atoms with van der Waals surface area (Å²) in [5.74, 6) is 0.172. The monoisotopic (exact) mass is 361 g/mol. The summed E-state index contributed by atoms with van der Waals surface area (Å²) in [5.41, 5.74) is 2.00. The number of carbonyl (C=O) groups excluding carboxylic acids is 1. The molecule has 1 N–H and O–H groups in total. The average Bonchev–Trinajstić information content (AvgIpc) is 2.97. The van der Waals surface area contributed by atoms with Gasteiger partial charge in [0.15, 0.2) is 0 Å². The highest BCUT2D eigenvalue weighted by atomic mass is 35.5. The molecule has 0 saturated carbocycles. The van der Waals surface area contributed by atoms with Crippen molar-refractivity contribution in [1.82, 2.24) is 15.1 Å². The van der Waals surface area contributed by atoms with E-state index in [1.54, 1.807) is 0 Å². The van der Waals surface area contributed by atoms with Crippen LogP contribution in [0.4, 0.5) is 0 Å². The number of amides is 1. The number of halogens is 2. The number of nitrogens with one attached hydrogen (secondary N) is 1. The van der Waals surface area contributed by atoms with E-state index in [4.69, 9.17) is 0 Å². The van der Waals surface area contributed by atoms with E-state index in [1.807, 2.05) is 32.3 Å². The third-order valence-corrected chi connectivity index (χ3v) is 3.87. The van der Waals surface area contributed by atoms with Gasteiger partial charge in [-0.05, 0) is 51.2 Å². The summed E-state index contributed by atoms with van der Waals surface area (Å²) in [5, 5.41) is 3.35. The topological polar surface area (TPSA) is 35.6 Å². The Morgan fingerprint density at radius 3 is 2.61 bits per heavy atom. The number of hydrogen-bond acceptors (Lipinski definition) is 3. The average molecular weight is 362 g/mol. The SMILES string of the molecule is CCCN(C(=O)c1cccc(CN(C)C)c1)C1CCNC1.Cl.Cl. The van der Waals surface area contributed by atoms with Crippen LogP contribution in [0.25, 0.3) is 0 Å². The van der Waals surface area contributed by atoms with Gasteiger partial charge in [0.2, 0.25) is 0 Å². The zero-order valence-corrected chi connectivity index (χ0v) is 15.9. The fraction of sp³-hybridized carbons (Fsp3) is 0.588. The van der Waals surface area contributed by atoms with E-state index in [-0.39, 0.29) is 30.7 Å². The van der Waals surface area contributed by atoms with Crippen LogP contribution in [0.2, 0.25) is 0 Å². The molecule has 2 rings (SSSR count). The van der Waals surface area contributed by atoms with E-state index in [9.17, 15) is 4.79 Å². The Hall–Kier alpha value is -0.810. The molecule has 1 unspecified atom stereocenters. The normalized spacial score (nSPS) is 16.6. The van der Waals surface area contributed by atoms with Crippen LogP contribution < -0.4 is 5.32 Å². The fourth-order valence-electron chi connectivity index (χ4n) is 2.93. The number of rotatable bonds is 6. The van der Waals surface area contributed by atoms with Gasteiger partial charge in [0.05, 0.1) is 0 Å². The van der Waals surface area contributed by atoms with Crippen LogP contribution in [0, 0.1) is 0 Å². The highest BCUT2D eigenvalue weighted by Gasteiger charge is 2.26. The van der Waals surface area contributed by atoms with Gasteiger partial charge in [-0.25, -0.2) is 0 Å². The van der Waals surface area contributed by atoms with Crippen LogP contribution in [0.1, 0.15) is 35.7 Å². The number of hydrogen-bond donors (Lipinski definition) is 1. The minimum atomic E-state index is 0. The molecule has 4 nitrogen and oxygen atoms in total. The molecule has 1 heterocycles. The number of carbonyl (C=O) groups is 1. The van der Waals surface area contributed by atoms with E-state index < -0.39 is 0 Å². The summed E-state index contributed by atoms with van der Waals surface area (Å²) in [6.07, 6.45) is 2.06. The molecule has 0 aromatic heterocycles. The fourth-order valence-corrected chi connectivity index (χ4v) is 2.93. The minimum absolute atomic E-state index is 0. The molecule has 1 saturated heterocycles. The van der Waals surface area contributed by atoms with E-state index in [0.717, 1.165) is 44.6 Å². The zero-order chi connectivity index (χ0) is 15.2. The smallest absolute Gasteiger partial charge is 0.254 e. The Kier molecular flexibility index (Phi) is 10.5. The van der Waals surface area contributed by atoms with Gasteiger partial charge in [-0.3, -0.25) is 4.79 Å². The second-order valence-corrected chi connectivity index (χ2v) is 6.08. The molecule has 0 aliphatic carbocycles. The predicted octanol–water partition coefficient (Wildman–Crippen LogP) is 2.81. The van der Waals surface area contributed by atoms with Gasteiger partial charge in [0, 0.05) is 31.2 Å². The van der Waals surface area contributed by atoms with E-state index in [0.29, 0.717) is 6.04 Å². The zero-order valence-electron chi connectivity index (χ0n) is 14.2. The lowest BCUT2D eigenvalue weighted by Crippen LogP contribution is -2.42. The first-order valence-corrected chi connectivity index (χ1v) is 7.87. The van der Waals surface area contributed by atoms with E-state index in [1.165, 1.54) is 5.56 Å². The third kappa shape index (κ3) is 6.30. The Morgan fingerprint density at radius 1 is 1.30 bits per heavy atom. The van der Waals surface area contributed by atoms with Crippen LogP contribution in [0.3, 0.4) is 0 Å². The maximum Gasteiger partial charge on any atom is 0.254 e. The molecule has 0 spiro atoms. The molecule has 1 aromatic carbocycles. The summed E-state index contributed by atoms with van der Waals surface area (Å²) in [4.78, 5) is 17.0. The molecule has 1 aromatic rings. The summed E-state index contributed by atoms with van der Waals surface area (Å²) in [6, 6.07) is 8.39. The van der Waals surface area contributed by atoms with Gasteiger partial charge in [0.1, 0.15) is 0 Å². The minimum Gasteiger partial charge on any atom is -0.334 e. The van der Waals surface area contributed by atoms with Crippen molar-refractivity contribution in [2.24, 2.45) is 0 Å². The molecule has 1 aliphatic heterocycles. The molecule has 1 atom stereocenters. The molecular weight excluding hydrogens is 333 g/mol. The first-order chi connectivity index (χ1) is 10.1. The molecule has 1 amide bonds. The van der Waals surface area contributed by atoms with Gasteiger partial charge in [-0.2, -0.15) is 0 Å². The van der Waals surface area contributed by atoms with Crippen molar-refractivity contribution in [3.8, 4) is 0 Å². The van der Waals surface area contributed by atoms with Crippen LogP contribution in [-0.4, -0.2) is 55.5 Å². The lowest BCUT2D eigenvalue weighted by molar-refractivity contribution is 0.0692. The van der Waals surface area contributed by atoms with Crippen molar-refractivity contribution in [3.05, 3.63) is 35.4 Å². The van der Waals surface area contributed by atoms with Crippen molar-refractivity contribution < 1.29 is 4.79 Å². The second kappa shape index (κ2) is 10.9. The third-order valence-electron chi connectivity index (χ3n) is 3.87. The van der Waals surface area contributed by atoms with Crippen molar-refractivity contribution in [3.63, 3.8) is 0 Å². The first-order valence-electron chi connectivity index (χ1n) is 7.87. The largest absolute Gasteiger partial charge is 0.334 e. The van der Waals surface area contributed by atoms with Crippen molar-refractivity contribution in [1.29, 1.82) is 0 Å². The summed E-state index contributed by atoms with van der Waals surface area (Å²) in [6.45, 7) is 5.76. The molecule has 23 heavy (non-hydrogen) atoms. The highest BCUT2D eigenvalue weighted by molar-refractivity contribution is 5.94. The highest BCUT2D eigenvalue weighted by Crippen LogP contribution is 2.15. The Labute approximate surface area is 152 Å². The standard InChI is InChI=1S/C17H27N3O.2ClH/c1-4-10-20(16-8-9-18-12-16)17(21)15-7-5-6-14(11-15)13-19(2)3;;/h5-7,11,16,18H,4,8-10,12-13H2,1-3H3;2*1H. The van der Waals surface area contributed by atoms with E-state index in [2.05, 4.69) is 28.1 Å². The Bertz CT molecular complexity index is 477. The quantitative estimate of drug-likeness (QED) is 0.845. The molecule has 0 bridgehead atoms. The molecule has 132 valence electrons. The van der Waals surface area contributed by atoms with Gasteiger partial charge < -0.3 is 15.1 Å². The Morgan fingerprint density at radius 2 is 2.04 bits per heavy atom. The number of nitrogens with zero attached hydrogens (tertiary/aromatic N) is 2. The molecular formula is C17H29Cl2N3O. The number of benzene rings is 1. The first kappa shape index (κ1) is 22.2. The maximum atomic E-state index is 12.8. The molecule has 0 radical (unpaired) electrons. The molecule has 1 fully saturated rings. The van der Waals surface area contributed by atoms with Gasteiger partial charge in [-0.1, -0.05) is 19.1 Å². The van der Waals surface area contributed by atoms with Crippen molar-refractivity contribution >= 4 is 30.7 Å². The van der Waals surface area contributed by atoms with Crippen LogP contribution in [-0.2, 0) is 6.54 Å². The summed E-state index contributed by atoms with van der Waals surface area (Å²) >= 11 is 0. The summed E-state index contributed by atoms with van der Waals surface area (Å²) in [7, 11) is 4.09. The summed E-state index contributed by atoms with van der Waals surface area (Å²) < 4.78 is 0. The molecule has 1 aliphatic rings.